The summed E-state index contributed by atoms with van der Waals surface area (Å²) in [5.41, 5.74) is 0.120. The molecule has 0 aliphatic carbocycles. The van der Waals surface area contributed by atoms with Crippen molar-refractivity contribution in [2.24, 2.45) is 0 Å². The van der Waals surface area contributed by atoms with Crippen LogP contribution in [0.4, 0.5) is 10.6 Å². The number of piperazine rings is 1. The molecule has 1 saturated heterocycles. The van der Waals surface area contributed by atoms with Crippen molar-refractivity contribution >= 4 is 17.6 Å². The summed E-state index contributed by atoms with van der Waals surface area (Å²) in [6.45, 7) is 9.58. The molecule has 1 amide bonds. The minimum atomic E-state index is -0.485. The Bertz CT molecular complexity index is 708. The molecule has 2 aromatic heterocycles. The van der Waals surface area contributed by atoms with Crippen LogP contribution in [0.3, 0.4) is 0 Å². The molecule has 1 aliphatic heterocycles. The number of anilines is 1. The molecule has 0 N–H and O–H groups in total. The summed E-state index contributed by atoms with van der Waals surface area (Å²) in [6, 6.07) is 3.75. The third-order valence-electron chi connectivity index (χ3n) is 3.63. The summed E-state index contributed by atoms with van der Waals surface area (Å²) in [5.74, 6) is 0.792. The van der Waals surface area contributed by atoms with Crippen LogP contribution in [0.2, 0.25) is 0 Å². The van der Waals surface area contributed by atoms with Crippen molar-refractivity contribution in [2.45, 2.75) is 39.3 Å². The van der Waals surface area contributed by atoms with Gasteiger partial charge >= 0.3 is 6.09 Å². The summed E-state index contributed by atoms with van der Waals surface area (Å²) in [6.07, 6.45) is -0.270. The third kappa shape index (κ3) is 3.33. The lowest BCUT2D eigenvalue weighted by Crippen LogP contribution is -2.55. The van der Waals surface area contributed by atoms with Gasteiger partial charge in [0.15, 0.2) is 11.5 Å². The second-order valence-electron chi connectivity index (χ2n) is 6.69. The van der Waals surface area contributed by atoms with Gasteiger partial charge in [0.2, 0.25) is 0 Å². The average molecular weight is 319 g/mol. The number of carbonyl (C=O) groups excluding carboxylic acids is 1. The smallest absolute Gasteiger partial charge is 0.410 e. The van der Waals surface area contributed by atoms with Gasteiger partial charge < -0.3 is 14.5 Å². The zero-order valence-corrected chi connectivity index (χ0v) is 13.8. The Morgan fingerprint density at radius 1 is 1.30 bits per heavy atom. The van der Waals surface area contributed by atoms with Crippen LogP contribution in [0, 0.1) is 0 Å². The van der Waals surface area contributed by atoms with E-state index in [2.05, 4.69) is 25.5 Å². The maximum absolute atomic E-state index is 12.2. The molecule has 1 atom stereocenters. The third-order valence-corrected chi connectivity index (χ3v) is 3.63. The van der Waals surface area contributed by atoms with Crippen LogP contribution < -0.4 is 4.90 Å². The van der Waals surface area contributed by atoms with Crippen molar-refractivity contribution in [1.29, 1.82) is 0 Å². The standard InChI is InChI=1S/C14H21N7O2/c1-10-9-19(7-8-20(10)13(22)23-14(2,3)4)12-6-5-11-15-17-18-21(11)16-12/h5-6,10H,7-9H2,1-4H3/t10-/m1/s1. The van der Waals surface area contributed by atoms with E-state index in [9.17, 15) is 4.79 Å². The number of ether oxygens (including phenoxy) is 1. The fourth-order valence-corrected chi connectivity index (χ4v) is 2.57. The van der Waals surface area contributed by atoms with Gasteiger partial charge in [0, 0.05) is 25.7 Å². The van der Waals surface area contributed by atoms with Gasteiger partial charge in [0.25, 0.3) is 0 Å². The summed E-state index contributed by atoms with van der Waals surface area (Å²) in [7, 11) is 0. The maximum Gasteiger partial charge on any atom is 0.410 e. The number of rotatable bonds is 1. The van der Waals surface area contributed by atoms with Crippen LogP contribution in [-0.2, 0) is 4.74 Å². The molecule has 0 spiro atoms. The molecule has 3 heterocycles. The lowest BCUT2D eigenvalue weighted by Gasteiger charge is -2.40. The molecular formula is C14H21N7O2. The van der Waals surface area contributed by atoms with E-state index in [1.807, 2.05) is 39.8 Å². The molecular weight excluding hydrogens is 298 g/mol. The molecule has 124 valence electrons. The molecule has 0 aromatic carbocycles. The highest BCUT2D eigenvalue weighted by molar-refractivity contribution is 5.69. The second-order valence-corrected chi connectivity index (χ2v) is 6.69. The van der Waals surface area contributed by atoms with Gasteiger partial charge in [-0.15, -0.1) is 14.8 Å². The fraction of sp³-hybridized carbons (Fsp3) is 0.643. The quantitative estimate of drug-likeness (QED) is 0.773. The molecule has 0 radical (unpaired) electrons. The van der Waals surface area contributed by atoms with Gasteiger partial charge in [-0.25, -0.2) is 4.79 Å². The topological polar surface area (TPSA) is 88.8 Å². The van der Waals surface area contributed by atoms with Crippen LogP contribution in [0.1, 0.15) is 27.7 Å². The molecule has 9 nitrogen and oxygen atoms in total. The number of tetrazole rings is 1. The minimum absolute atomic E-state index is 0.0324. The number of amides is 1. The van der Waals surface area contributed by atoms with Gasteiger partial charge in [-0.1, -0.05) is 0 Å². The average Bonchev–Trinajstić information content (AvgIpc) is 2.92. The highest BCUT2D eigenvalue weighted by Gasteiger charge is 2.31. The van der Waals surface area contributed by atoms with Crippen molar-refractivity contribution in [1.82, 2.24) is 30.2 Å². The minimum Gasteiger partial charge on any atom is -0.444 e. The Hall–Kier alpha value is -2.45. The predicted molar refractivity (Wildman–Crippen MR) is 83.2 cm³/mol. The van der Waals surface area contributed by atoms with Crippen LogP contribution in [0.5, 0.6) is 0 Å². The number of fused-ring (bicyclic) bond motifs is 1. The molecule has 3 rings (SSSR count). The number of carbonyl (C=O) groups is 1. The Morgan fingerprint density at radius 3 is 2.78 bits per heavy atom. The molecule has 23 heavy (non-hydrogen) atoms. The van der Waals surface area contributed by atoms with Crippen molar-refractivity contribution in [3.05, 3.63) is 12.1 Å². The normalized spacial score (nSPS) is 19.2. The van der Waals surface area contributed by atoms with Crippen molar-refractivity contribution < 1.29 is 9.53 Å². The first kappa shape index (κ1) is 15.4. The van der Waals surface area contributed by atoms with Gasteiger partial charge in [0.1, 0.15) is 5.60 Å². The molecule has 2 aromatic rings. The number of nitrogens with zero attached hydrogens (tertiary/aromatic N) is 7. The first-order chi connectivity index (χ1) is 10.8. The van der Waals surface area contributed by atoms with Crippen LogP contribution in [-0.4, -0.2) is 67.5 Å². The first-order valence-corrected chi connectivity index (χ1v) is 7.63. The Kier molecular flexibility index (Phi) is 3.78. The van der Waals surface area contributed by atoms with Crippen molar-refractivity contribution in [3.63, 3.8) is 0 Å². The summed E-state index contributed by atoms with van der Waals surface area (Å²) in [5, 5.41) is 15.6. The van der Waals surface area contributed by atoms with Crippen molar-refractivity contribution in [3.8, 4) is 0 Å². The monoisotopic (exact) mass is 319 g/mol. The van der Waals surface area contributed by atoms with Gasteiger partial charge in [0.05, 0.1) is 0 Å². The summed E-state index contributed by atoms with van der Waals surface area (Å²) < 4.78 is 6.86. The largest absolute Gasteiger partial charge is 0.444 e. The van der Waals surface area contributed by atoms with E-state index >= 15 is 0 Å². The van der Waals surface area contributed by atoms with Crippen LogP contribution in [0.25, 0.3) is 5.65 Å². The summed E-state index contributed by atoms with van der Waals surface area (Å²) >= 11 is 0. The van der Waals surface area contributed by atoms with Gasteiger partial charge in [-0.3, -0.25) is 0 Å². The molecule has 0 unspecified atom stereocenters. The van der Waals surface area contributed by atoms with E-state index in [0.717, 1.165) is 5.82 Å². The first-order valence-electron chi connectivity index (χ1n) is 7.63. The van der Waals surface area contributed by atoms with Crippen molar-refractivity contribution in [2.75, 3.05) is 24.5 Å². The number of aromatic nitrogens is 5. The SMILES string of the molecule is C[C@@H]1CN(c2ccc3nnnn3n2)CCN1C(=O)OC(C)(C)C. The second kappa shape index (κ2) is 5.64. The lowest BCUT2D eigenvalue weighted by molar-refractivity contribution is 0.0158. The highest BCUT2D eigenvalue weighted by atomic mass is 16.6. The summed E-state index contributed by atoms with van der Waals surface area (Å²) in [4.78, 5) is 16.1. The fourth-order valence-electron chi connectivity index (χ4n) is 2.57. The zero-order chi connectivity index (χ0) is 16.6. The maximum atomic E-state index is 12.2. The highest BCUT2D eigenvalue weighted by Crippen LogP contribution is 2.19. The van der Waals surface area contributed by atoms with E-state index in [0.29, 0.717) is 25.3 Å². The van der Waals surface area contributed by atoms with Gasteiger partial charge in [-0.05, 0) is 50.3 Å². The van der Waals surface area contributed by atoms with Crippen LogP contribution in [0.15, 0.2) is 12.1 Å². The Labute approximate surface area is 134 Å². The van der Waals surface area contributed by atoms with Gasteiger partial charge in [-0.2, -0.15) is 0 Å². The molecule has 0 bridgehead atoms. The van der Waals surface area contributed by atoms with Crippen LogP contribution >= 0.6 is 0 Å². The Morgan fingerprint density at radius 2 is 2.09 bits per heavy atom. The van der Waals surface area contributed by atoms with E-state index in [1.165, 1.54) is 4.63 Å². The molecule has 1 fully saturated rings. The van der Waals surface area contributed by atoms with E-state index < -0.39 is 5.60 Å². The molecule has 9 heteroatoms. The number of hydrogen-bond donors (Lipinski definition) is 0. The lowest BCUT2D eigenvalue weighted by atomic mass is 10.2. The number of hydrogen-bond acceptors (Lipinski definition) is 7. The van der Waals surface area contributed by atoms with E-state index in [1.54, 1.807) is 4.90 Å². The van der Waals surface area contributed by atoms with E-state index in [4.69, 9.17) is 4.74 Å². The molecule has 0 saturated carbocycles. The zero-order valence-electron chi connectivity index (χ0n) is 13.8. The molecule has 1 aliphatic rings. The Balaban J connectivity index is 1.69. The van der Waals surface area contributed by atoms with E-state index in [-0.39, 0.29) is 12.1 Å². The predicted octanol–water partition coefficient (Wildman–Crippen LogP) is 0.965.